The van der Waals surface area contributed by atoms with Crippen molar-refractivity contribution in [1.29, 1.82) is 0 Å². The Morgan fingerprint density at radius 2 is 1.57 bits per heavy atom. The number of hydrogen-bond donors (Lipinski definition) is 4. The number of nitrogens with zero attached hydrogens (tertiary/aromatic N) is 3. The molecule has 11 nitrogen and oxygen atoms in total. The molecule has 12 heteroatoms. The minimum Gasteiger partial charge on any atom is -0.497 e. The molecule has 0 aliphatic carbocycles. The topological polar surface area (TPSA) is 135 Å². The maximum Gasteiger partial charge on any atom is 0.238 e. The van der Waals surface area contributed by atoms with Crippen LogP contribution in [0.4, 0.5) is 28.7 Å². The number of thiol groups is 1. The lowest BCUT2D eigenvalue weighted by Crippen LogP contribution is -2.30. The van der Waals surface area contributed by atoms with Crippen molar-refractivity contribution in [3.8, 4) is 11.5 Å². The Morgan fingerprint density at radius 3 is 2.20 bits per heavy atom. The molecule has 0 aliphatic rings. The van der Waals surface area contributed by atoms with Crippen molar-refractivity contribution in [2.24, 2.45) is 5.92 Å². The summed E-state index contributed by atoms with van der Waals surface area (Å²) in [6.45, 7) is 4.94. The van der Waals surface area contributed by atoms with Crippen molar-refractivity contribution in [3.05, 3.63) is 66.7 Å². The number of anilines is 5. The molecule has 0 bridgehead atoms. The second kappa shape index (κ2) is 13.1. The summed E-state index contributed by atoms with van der Waals surface area (Å²) in [6.07, 6.45) is 0. The third-order valence-corrected chi connectivity index (χ3v) is 6.49. The standard InChI is InChI=1S/C28H32N6O5S/c1-18(2)16-29-17-26(35)30-19-8-7-9-21(12-19)34(40(36)37)28-27(32-24-10-5-6-11-25(24)33-28)31-20-13-22(38-3)15-23(14-20)39-4/h5-15,18,29,40H,16-17H2,1-4H3,(H,30,35)(H,31,32). The number of nitrogens with one attached hydrogen (secondary N) is 3. The average Bonchev–Trinajstić information content (AvgIpc) is 2.93. The molecule has 210 valence electrons. The molecule has 0 saturated heterocycles. The SMILES string of the molecule is COc1cc(Nc2nc3ccccc3nc2N(c2cccc(NC(=O)CNCC(C)C)c2)[SH](=O)=O)cc(OC)c1. The van der Waals surface area contributed by atoms with Gasteiger partial charge in [0, 0.05) is 29.6 Å². The maximum atomic E-state index is 12.7. The molecule has 0 fully saturated rings. The van der Waals surface area contributed by atoms with Crippen molar-refractivity contribution in [1.82, 2.24) is 15.3 Å². The lowest BCUT2D eigenvalue weighted by Gasteiger charge is -2.21. The van der Waals surface area contributed by atoms with Gasteiger partial charge in [-0.15, -0.1) is 0 Å². The summed E-state index contributed by atoms with van der Waals surface area (Å²) in [5.74, 6) is 1.49. The molecule has 0 radical (unpaired) electrons. The number of amides is 1. The first kappa shape index (κ1) is 28.6. The zero-order valence-electron chi connectivity index (χ0n) is 22.7. The molecule has 0 saturated carbocycles. The zero-order valence-corrected chi connectivity index (χ0v) is 23.6. The summed E-state index contributed by atoms with van der Waals surface area (Å²) in [6, 6.07) is 18.9. The first-order valence-electron chi connectivity index (χ1n) is 12.6. The number of carbonyl (C=O) groups excluding carboxylic acids is 1. The fourth-order valence-electron chi connectivity index (χ4n) is 3.93. The number of para-hydroxylation sites is 2. The Morgan fingerprint density at radius 1 is 0.900 bits per heavy atom. The predicted molar refractivity (Wildman–Crippen MR) is 158 cm³/mol. The number of carbonyl (C=O) groups is 1. The van der Waals surface area contributed by atoms with Crippen LogP contribution in [-0.4, -0.2) is 51.6 Å². The quantitative estimate of drug-likeness (QED) is 0.186. The van der Waals surface area contributed by atoms with Crippen molar-refractivity contribution in [3.63, 3.8) is 0 Å². The highest BCUT2D eigenvalue weighted by Crippen LogP contribution is 2.35. The minimum atomic E-state index is -3.21. The van der Waals surface area contributed by atoms with E-state index < -0.39 is 10.9 Å². The smallest absolute Gasteiger partial charge is 0.238 e. The normalized spacial score (nSPS) is 11.1. The summed E-state index contributed by atoms with van der Waals surface area (Å²) >= 11 is 0. The molecule has 1 amide bonds. The molecular formula is C28H32N6O5S. The van der Waals surface area contributed by atoms with E-state index >= 15 is 0 Å². The Balaban J connectivity index is 1.74. The van der Waals surface area contributed by atoms with Crippen LogP contribution >= 0.6 is 0 Å². The van der Waals surface area contributed by atoms with E-state index in [1.54, 1.807) is 60.7 Å². The van der Waals surface area contributed by atoms with Gasteiger partial charge in [0.25, 0.3) is 0 Å². The van der Waals surface area contributed by atoms with E-state index in [1.165, 1.54) is 14.2 Å². The van der Waals surface area contributed by atoms with E-state index in [1.807, 2.05) is 6.07 Å². The summed E-state index contributed by atoms with van der Waals surface area (Å²) in [4.78, 5) is 21.8. The van der Waals surface area contributed by atoms with Crippen LogP contribution in [0, 0.1) is 5.92 Å². The average molecular weight is 565 g/mol. The van der Waals surface area contributed by atoms with Gasteiger partial charge < -0.3 is 25.4 Å². The van der Waals surface area contributed by atoms with Crippen LogP contribution in [0.5, 0.6) is 11.5 Å². The van der Waals surface area contributed by atoms with Crippen LogP contribution in [-0.2, 0) is 15.7 Å². The van der Waals surface area contributed by atoms with E-state index in [0.717, 1.165) is 4.31 Å². The number of hydrogen-bond acceptors (Lipinski definition) is 9. The molecule has 40 heavy (non-hydrogen) atoms. The largest absolute Gasteiger partial charge is 0.497 e. The van der Waals surface area contributed by atoms with Gasteiger partial charge in [-0.3, -0.25) is 4.79 Å². The van der Waals surface area contributed by atoms with E-state index in [2.05, 4.69) is 39.8 Å². The molecule has 0 unspecified atom stereocenters. The van der Waals surface area contributed by atoms with Crippen molar-refractivity contribution >= 4 is 56.5 Å². The first-order chi connectivity index (χ1) is 19.3. The van der Waals surface area contributed by atoms with Gasteiger partial charge in [0.2, 0.25) is 16.8 Å². The van der Waals surface area contributed by atoms with E-state index in [-0.39, 0.29) is 29.8 Å². The van der Waals surface area contributed by atoms with Gasteiger partial charge in [-0.05, 0) is 42.8 Å². The summed E-state index contributed by atoms with van der Waals surface area (Å²) < 4.78 is 37.2. The van der Waals surface area contributed by atoms with Gasteiger partial charge >= 0.3 is 0 Å². The minimum absolute atomic E-state index is 0.0543. The first-order valence-corrected chi connectivity index (χ1v) is 13.7. The molecule has 0 atom stereocenters. The molecule has 0 aliphatic heterocycles. The number of aromatic nitrogens is 2. The number of rotatable bonds is 12. The highest BCUT2D eigenvalue weighted by atomic mass is 32.2. The lowest BCUT2D eigenvalue weighted by atomic mass is 10.2. The molecule has 1 aromatic heterocycles. The molecule has 4 rings (SSSR count). The van der Waals surface area contributed by atoms with Crippen molar-refractivity contribution < 1.29 is 22.7 Å². The van der Waals surface area contributed by atoms with Gasteiger partial charge in [-0.1, -0.05) is 32.0 Å². The van der Waals surface area contributed by atoms with E-state index in [4.69, 9.17) is 9.47 Å². The fourth-order valence-corrected chi connectivity index (χ4v) is 4.53. The molecule has 1 heterocycles. The van der Waals surface area contributed by atoms with E-state index in [0.29, 0.717) is 46.4 Å². The van der Waals surface area contributed by atoms with Gasteiger partial charge in [-0.25, -0.2) is 22.7 Å². The number of methoxy groups -OCH3 is 2. The van der Waals surface area contributed by atoms with Crippen LogP contribution in [0.1, 0.15) is 13.8 Å². The maximum absolute atomic E-state index is 12.7. The van der Waals surface area contributed by atoms with Crippen molar-refractivity contribution in [2.75, 3.05) is 42.2 Å². The Hall–Kier alpha value is -4.42. The monoisotopic (exact) mass is 564 g/mol. The second-order valence-corrected chi connectivity index (χ2v) is 10.2. The van der Waals surface area contributed by atoms with Gasteiger partial charge in [-0.2, -0.15) is 0 Å². The lowest BCUT2D eigenvalue weighted by molar-refractivity contribution is -0.115. The fraction of sp³-hybridized carbons (Fsp3) is 0.250. The molecule has 0 spiro atoms. The van der Waals surface area contributed by atoms with Gasteiger partial charge in [0.05, 0.1) is 37.5 Å². The van der Waals surface area contributed by atoms with Crippen molar-refractivity contribution in [2.45, 2.75) is 13.8 Å². The van der Waals surface area contributed by atoms with Crippen LogP contribution in [0.25, 0.3) is 11.0 Å². The predicted octanol–water partition coefficient (Wildman–Crippen LogP) is 4.24. The third kappa shape index (κ3) is 7.16. The van der Waals surface area contributed by atoms with Crippen LogP contribution in [0.3, 0.4) is 0 Å². The summed E-state index contributed by atoms with van der Waals surface area (Å²) in [5.41, 5.74) is 2.35. The number of ether oxygens (including phenoxy) is 2. The zero-order chi connectivity index (χ0) is 28.6. The Bertz CT molecular complexity index is 1550. The molecule has 3 N–H and O–H groups in total. The number of benzene rings is 3. The molecule has 3 aromatic carbocycles. The summed E-state index contributed by atoms with van der Waals surface area (Å²) in [5, 5.41) is 9.07. The van der Waals surface area contributed by atoms with Crippen LogP contribution in [0.15, 0.2) is 66.7 Å². The molecule has 4 aromatic rings. The highest BCUT2D eigenvalue weighted by molar-refractivity contribution is 7.74. The Kier molecular flexibility index (Phi) is 9.35. The molecular weight excluding hydrogens is 532 g/mol. The second-order valence-electron chi connectivity index (χ2n) is 9.28. The summed E-state index contributed by atoms with van der Waals surface area (Å²) in [7, 11) is -0.139. The third-order valence-electron chi connectivity index (χ3n) is 5.74. The van der Waals surface area contributed by atoms with Crippen LogP contribution < -0.4 is 29.7 Å². The van der Waals surface area contributed by atoms with Crippen LogP contribution in [0.2, 0.25) is 0 Å². The van der Waals surface area contributed by atoms with E-state index in [9.17, 15) is 13.2 Å². The number of fused-ring (bicyclic) bond motifs is 1. The van der Waals surface area contributed by atoms with Gasteiger partial charge in [0.1, 0.15) is 11.5 Å². The van der Waals surface area contributed by atoms with Gasteiger partial charge in [0.15, 0.2) is 11.6 Å². The highest BCUT2D eigenvalue weighted by Gasteiger charge is 2.21. The Labute approximate surface area is 234 Å².